The molecule has 0 unspecified atom stereocenters. The van der Waals surface area contributed by atoms with Gasteiger partial charge in [-0.1, -0.05) is 175 Å². The third-order valence-corrected chi connectivity index (χ3v) is 12.5. The van der Waals surface area contributed by atoms with E-state index >= 15 is 0 Å². The van der Waals surface area contributed by atoms with Gasteiger partial charge in [0.2, 0.25) is 0 Å². The largest absolute Gasteiger partial charge is 0.573 e. The molecule has 0 bridgehead atoms. The molecule has 0 aliphatic carbocycles. The zero-order valence-electron chi connectivity index (χ0n) is 37.2. The van der Waals surface area contributed by atoms with Crippen LogP contribution in [0.25, 0.3) is 0 Å². The maximum absolute atomic E-state index is 12.5. The average Bonchev–Trinajstić information content (AvgIpc) is 3.96. The number of hydrogen-bond acceptors (Lipinski definition) is 5. The maximum Gasteiger partial charge on any atom is 0.573 e. The minimum atomic E-state index is -4.82. The Morgan fingerprint density at radius 2 is 1.09 bits per heavy atom. The topological polar surface area (TPSA) is 69.7 Å². The highest BCUT2D eigenvalue weighted by Gasteiger charge is 2.33. The first-order valence-corrected chi connectivity index (χ1v) is 22.1. The molecule has 64 heavy (non-hydrogen) atoms. The molecule has 0 N–H and O–H groups in total. The molecule has 0 atom stereocenters. The fourth-order valence-electron chi connectivity index (χ4n) is 8.83. The lowest BCUT2D eigenvalue weighted by Crippen LogP contribution is -2.24. The number of halogens is 3. The Balaban J connectivity index is 0.000000144. The predicted molar refractivity (Wildman–Crippen MR) is 254 cm³/mol. The summed E-state index contributed by atoms with van der Waals surface area (Å²) in [6.07, 6.45) is 0.736. The first-order valence-electron chi connectivity index (χ1n) is 22.1. The van der Waals surface area contributed by atoms with Crippen molar-refractivity contribution >= 4 is 54.1 Å². The zero-order chi connectivity index (χ0) is 45.5. The summed E-state index contributed by atoms with van der Waals surface area (Å²) < 4.78 is 47.0. The van der Waals surface area contributed by atoms with E-state index in [-0.39, 0.29) is 36.2 Å². The molecule has 0 saturated carbocycles. The van der Waals surface area contributed by atoms with Gasteiger partial charge in [0, 0.05) is 30.4 Å². The van der Waals surface area contributed by atoms with Crippen molar-refractivity contribution in [1.82, 2.24) is 0 Å². The van der Waals surface area contributed by atoms with Crippen molar-refractivity contribution in [3.05, 3.63) is 189 Å². The Bertz CT molecular complexity index is 2660. The normalized spacial score (nSPS) is 13.5. The van der Waals surface area contributed by atoms with Crippen LogP contribution in [0.5, 0.6) is 5.75 Å². The lowest BCUT2D eigenvalue weighted by Gasteiger charge is -2.13. The average molecular weight is 858 g/mol. The van der Waals surface area contributed by atoms with E-state index in [1.165, 1.54) is 69.6 Å². The number of aryl methyl sites for hydroxylation is 4. The lowest BCUT2D eigenvalue weighted by molar-refractivity contribution is -0.274. The summed E-state index contributed by atoms with van der Waals surface area (Å²) in [6, 6.07) is 39.7. The summed E-state index contributed by atoms with van der Waals surface area (Å²) in [6.45, 7) is 12.4. The van der Waals surface area contributed by atoms with Crippen molar-refractivity contribution in [2.45, 2.75) is 92.0 Å². The monoisotopic (exact) mass is 858 g/mol. The Morgan fingerprint density at radius 3 is 1.67 bits per heavy atom. The molecular weight excluding hydrogens is 806 g/mol. The summed E-state index contributed by atoms with van der Waals surface area (Å²) in [4.78, 5) is 37.1. The zero-order valence-corrected chi connectivity index (χ0v) is 37.2. The second-order valence-electron chi connectivity index (χ2n) is 17.5. The van der Waals surface area contributed by atoms with Gasteiger partial charge in [-0.25, -0.2) is 0 Å². The molecular formula is C53H52B3F3O5. The number of alkyl halides is 3. The molecule has 324 valence electrons. The van der Waals surface area contributed by atoms with Crippen molar-refractivity contribution in [2.24, 2.45) is 0 Å². The number of ketones is 3. The minimum absolute atomic E-state index is 0.0524. The van der Waals surface area contributed by atoms with Gasteiger partial charge in [-0.3, -0.25) is 14.4 Å². The molecule has 0 saturated heterocycles. The Kier molecular flexibility index (Phi) is 14.6. The molecule has 0 amide bonds. The smallest absolute Gasteiger partial charge is 0.427 e. The van der Waals surface area contributed by atoms with Gasteiger partial charge in [0.05, 0.1) is 12.2 Å². The van der Waals surface area contributed by atoms with E-state index in [2.05, 4.69) is 55.5 Å². The van der Waals surface area contributed by atoms with Gasteiger partial charge in [-0.15, -0.1) is 13.2 Å². The molecule has 11 heteroatoms. The SMILES string of the molecule is CB1CCc2ccc(CC(=O)c3ccc(C)cc3)cc21.CB1CCc2ccc(CC(=O)c3ccccc3OC(F)(F)F)cc21.CB1OCc2ccc(CC(=O)c3cccc(C)c3)cc21. The van der Waals surface area contributed by atoms with Crippen LogP contribution in [0.1, 0.15) is 75.6 Å². The van der Waals surface area contributed by atoms with Crippen LogP contribution in [0, 0.1) is 13.8 Å². The summed E-state index contributed by atoms with van der Waals surface area (Å²) in [5.74, 6) is -0.471. The fraction of sp³-hybridized carbons (Fsp3) is 0.264. The van der Waals surface area contributed by atoms with Crippen molar-refractivity contribution in [3.8, 4) is 5.75 Å². The summed E-state index contributed by atoms with van der Waals surface area (Å²) in [7, 11) is 0. The lowest BCUT2D eigenvalue weighted by atomic mass is 9.48. The first-order chi connectivity index (χ1) is 30.6. The van der Waals surface area contributed by atoms with Crippen LogP contribution < -0.4 is 21.1 Å². The standard InChI is InChI=1S/C18H16BF3O2.C18H19BO.C17H17BO2/c1-19-9-8-13-7-6-12(10-15(13)19)11-16(23)14-4-2-3-5-17(14)24-18(20,21)22;1-13-3-6-16(7-4-13)18(20)12-14-5-8-15-9-10-19(2)17(15)11-14;1-12-4-3-5-14(8-12)17(19)10-13-6-7-15-11-20-18(2)16(15)9-13/h2-7,10H,8-9,11H2,1H3;3-8,11H,9-10,12H2,1-2H3;3-9H,10-11H2,1-2H3. The Morgan fingerprint density at radius 1 is 0.562 bits per heavy atom. The number of ether oxygens (including phenoxy) is 1. The van der Waals surface area contributed by atoms with Crippen LogP contribution in [0.3, 0.4) is 0 Å². The van der Waals surface area contributed by atoms with E-state index in [1.807, 2.05) is 86.6 Å². The van der Waals surface area contributed by atoms with E-state index in [0.29, 0.717) is 32.9 Å². The number of para-hydroxylation sites is 1. The number of carbonyl (C=O) groups is 3. The highest BCUT2D eigenvalue weighted by Crippen LogP contribution is 2.28. The highest BCUT2D eigenvalue weighted by atomic mass is 19.4. The molecule has 0 fully saturated rings. The van der Waals surface area contributed by atoms with Crippen molar-refractivity contribution < 1.29 is 36.9 Å². The van der Waals surface area contributed by atoms with E-state index < -0.39 is 12.1 Å². The van der Waals surface area contributed by atoms with Crippen LogP contribution in [0.2, 0.25) is 33.1 Å². The van der Waals surface area contributed by atoms with Crippen molar-refractivity contribution in [1.29, 1.82) is 0 Å². The molecule has 9 rings (SSSR count). The van der Waals surface area contributed by atoms with Gasteiger partial charge >= 0.3 is 13.3 Å². The van der Waals surface area contributed by atoms with Crippen LogP contribution in [-0.4, -0.2) is 44.1 Å². The molecule has 0 spiro atoms. The Hall–Kier alpha value is -5.93. The van der Waals surface area contributed by atoms with E-state index in [0.717, 1.165) is 52.2 Å². The van der Waals surface area contributed by atoms with Gasteiger partial charge < -0.3 is 9.39 Å². The van der Waals surface area contributed by atoms with Gasteiger partial charge in [0.25, 0.3) is 0 Å². The second-order valence-corrected chi connectivity index (χ2v) is 17.5. The number of Topliss-reactive ketones (excluding diaryl/α,β-unsaturated/α-hetero) is 3. The number of carbonyl (C=O) groups excluding carboxylic acids is 3. The van der Waals surface area contributed by atoms with Gasteiger partial charge in [-0.05, 0) is 72.6 Å². The minimum Gasteiger partial charge on any atom is -0.427 e. The van der Waals surface area contributed by atoms with E-state index in [9.17, 15) is 27.6 Å². The predicted octanol–water partition coefficient (Wildman–Crippen LogP) is 9.99. The molecule has 6 aromatic carbocycles. The second kappa shape index (κ2) is 20.3. The molecule has 3 aliphatic rings. The third-order valence-electron chi connectivity index (χ3n) is 12.5. The molecule has 0 aromatic heterocycles. The number of hydrogen-bond donors (Lipinski definition) is 0. The number of rotatable bonds is 10. The van der Waals surface area contributed by atoms with Gasteiger partial charge in [0.15, 0.2) is 30.8 Å². The van der Waals surface area contributed by atoms with E-state index in [4.69, 9.17) is 4.65 Å². The molecule has 3 aliphatic heterocycles. The summed E-state index contributed by atoms with van der Waals surface area (Å²) in [5, 5.41) is 0. The molecule has 3 heterocycles. The number of fused-ring (bicyclic) bond motifs is 3. The number of benzene rings is 6. The van der Waals surface area contributed by atoms with Gasteiger partial charge in [-0.2, -0.15) is 0 Å². The Labute approximate surface area is 376 Å². The molecule has 0 radical (unpaired) electrons. The molecule has 5 nitrogen and oxygen atoms in total. The van der Waals surface area contributed by atoms with Gasteiger partial charge in [0.1, 0.15) is 5.75 Å². The van der Waals surface area contributed by atoms with Crippen LogP contribution in [0.15, 0.2) is 127 Å². The third kappa shape index (κ3) is 11.8. The van der Waals surface area contributed by atoms with Crippen LogP contribution in [-0.2, 0) is 43.4 Å². The van der Waals surface area contributed by atoms with E-state index in [1.54, 1.807) is 0 Å². The van der Waals surface area contributed by atoms with Crippen LogP contribution >= 0.6 is 0 Å². The first kappa shape index (κ1) is 46.1. The van der Waals surface area contributed by atoms with Crippen molar-refractivity contribution in [2.75, 3.05) is 0 Å². The summed E-state index contributed by atoms with van der Waals surface area (Å²) >= 11 is 0. The van der Waals surface area contributed by atoms with Crippen LogP contribution in [0.4, 0.5) is 13.2 Å². The maximum atomic E-state index is 12.5. The summed E-state index contributed by atoms with van der Waals surface area (Å²) in [5.41, 5.74) is 14.8. The fourth-order valence-corrected chi connectivity index (χ4v) is 8.83. The van der Waals surface area contributed by atoms with Crippen molar-refractivity contribution in [3.63, 3.8) is 0 Å². The quantitative estimate of drug-likeness (QED) is 0.101. The molecule has 6 aromatic rings. The highest BCUT2D eigenvalue weighted by molar-refractivity contribution is 6.74.